The summed E-state index contributed by atoms with van der Waals surface area (Å²) >= 11 is 0. The van der Waals surface area contributed by atoms with Gasteiger partial charge in [0, 0.05) is 6.54 Å². The average Bonchev–Trinajstić information content (AvgIpc) is 2.45. The van der Waals surface area contributed by atoms with Crippen LogP contribution < -0.4 is 5.73 Å². The second kappa shape index (κ2) is 4.01. The highest BCUT2D eigenvalue weighted by atomic mass is 19.4. The maximum absolute atomic E-state index is 12.6. The fraction of sp³-hybridized carbons (Fsp3) is 0.500. The molecule has 1 aromatic heterocycles. The van der Waals surface area contributed by atoms with E-state index in [9.17, 15) is 13.2 Å². The number of halogens is 3. The number of hydrogen-bond donors (Lipinski definition) is 1. The molecular formula is C8H11F3N4. The molecule has 0 bridgehead atoms. The fourth-order valence-electron chi connectivity index (χ4n) is 1.16. The summed E-state index contributed by atoms with van der Waals surface area (Å²) in [5.74, 6) is 0. The minimum Gasteiger partial charge on any atom is -0.325 e. The van der Waals surface area contributed by atoms with Crippen molar-refractivity contribution in [1.82, 2.24) is 15.0 Å². The van der Waals surface area contributed by atoms with Crippen molar-refractivity contribution < 1.29 is 13.2 Å². The summed E-state index contributed by atoms with van der Waals surface area (Å²) in [6.45, 7) is 4.84. The Kier molecular flexibility index (Phi) is 3.13. The van der Waals surface area contributed by atoms with Crippen molar-refractivity contribution in [3.63, 3.8) is 0 Å². The van der Waals surface area contributed by atoms with Gasteiger partial charge in [0.15, 0.2) is 5.69 Å². The minimum atomic E-state index is -4.49. The van der Waals surface area contributed by atoms with Crippen molar-refractivity contribution in [2.45, 2.75) is 26.2 Å². The molecule has 84 valence electrons. The molecule has 1 heterocycles. The van der Waals surface area contributed by atoms with Crippen molar-refractivity contribution in [3.05, 3.63) is 23.5 Å². The largest absolute Gasteiger partial charge is 0.434 e. The van der Waals surface area contributed by atoms with Crippen LogP contribution in [0.4, 0.5) is 13.2 Å². The van der Waals surface area contributed by atoms with E-state index in [1.165, 1.54) is 0 Å². The zero-order chi connectivity index (χ0) is 11.6. The minimum absolute atomic E-state index is 0.0121. The molecular weight excluding hydrogens is 209 g/mol. The third-order valence-electron chi connectivity index (χ3n) is 1.69. The van der Waals surface area contributed by atoms with E-state index in [0.29, 0.717) is 5.57 Å². The Labute approximate surface area is 84.6 Å². The zero-order valence-corrected chi connectivity index (χ0v) is 8.17. The number of aromatic nitrogens is 3. The van der Waals surface area contributed by atoms with E-state index in [-0.39, 0.29) is 18.8 Å². The summed E-state index contributed by atoms with van der Waals surface area (Å²) in [5.41, 5.74) is 4.58. The third-order valence-corrected chi connectivity index (χ3v) is 1.69. The van der Waals surface area contributed by atoms with E-state index in [4.69, 9.17) is 5.73 Å². The maximum Gasteiger partial charge on any atom is 0.434 e. The Hall–Kier alpha value is -1.37. The predicted octanol–water partition coefficient (Wildman–Crippen LogP) is 1.33. The van der Waals surface area contributed by atoms with Crippen LogP contribution in [-0.2, 0) is 19.3 Å². The average molecular weight is 220 g/mol. The smallest absolute Gasteiger partial charge is 0.325 e. The van der Waals surface area contributed by atoms with Crippen LogP contribution in [0.2, 0.25) is 0 Å². The van der Waals surface area contributed by atoms with Crippen molar-refractivity contribution in [2.75, 3.05) is 0 Å². The monoisotopic (exact) mass is 220 g/mol. The third kappa shape index (κ3) is 2.56. The highest BCUT2D eigenvalue weighted by Gasteiger charge is 2.38. The van der Waals surface area contributed by atoms with E-state index in [1.54, 1.807) is 6.92 Å². The molecule has 0 fully saturated rings. The Bertz CT molecular complexity index is 366. The van der Waals surface area contributed by atoms with Gasteiger partial charge in [-0.25, -0.2) is 4.68 Å². The fourth-order valence-corrected chi connectivity index (χ4v) is 1.16. The first-order valence-electron chi connectivity index (χ1n) is 4.20. The molecule has 15 heavy (non-hydrogen) atoms. The molecule has 0 radical (unpaired) electrons. The number of allylic oxidation sites excluding steroid dienone is 1. The van der Waals surface area contributed by atoms with E-state index < -0.39 is 11.9 Å². The van der Waals surface area contributed by atoms with E-state index in [1.807, 2.05) is 0 Å². The summed E-state index contributed by atoms with van der Waals surface area (Å²) in [7, 11) is 0. The highest BCUT2D eigenvalue weighted by Crippen LogP contribution is 2.31. The first-order chi connectivity index (χ1) is 6.86. The van der Waals surface area contributed by atoms with Gasteiger partial charge in [0.05, 0.1) is 6.54 Å². The van der Waals surface area contributed by atoms with Gasteiger partial charge in [0.2, 0.25) is 0 Å². The lowest BCUT2D eigenvalue weighted by atomic mass is 10.3. The molecule has 4 nitrogen and oxygen atoms in total. The van der Waals surface area contributed by atoms with Crippen LogP contribution in [0.15, 0.2) is 12.2 Å². The van der Waals surface area contributed by atoms with E-state index in [2.05, 4.69) is 16.9 Å². The molecule has 0 aromatic carbocycles. The van der Waals surface area contributed by atoms with Crippen LogP contribution in [0.1, 0.15) is 18.3 Å². The Balaban J connectivity index is 3.17. The Morgan fingerprint density at radius 2 is 2.13 bits per heavy atom. The number of nitrogens with zero attached hydrogens (tertiary/aromatic N) is 3. The quantitative estimate of drug-likeness (QED) is 0.782. The van der Waals surface area contributed by atoms with Gasteiger partial charge in [-0.3, -0.25) is 0 Å². The van der Waals surface area contributed by atoms with Gasteiger partial charge in [-0.05, 0) is 6.92 Å². The first kappa shape index (κ1) is 11.7. The number of hydrogen-bond acceptors (Lipinski definition) is 3. The highest BCUT2D eigenvalue weighted by molar-refractivity contribution is 5.14. The SMILES string of the molecule is C=C(C)Cn1nnc(CN)c1C(F)(F)F. The van der Waals surface area contributed by atoms with Crippen LogP contribution >= 0.6 is 0 Å². The topological polar surface area (TPSA) is 56.7 Å². The second-order valence-corrected chi connectivity index (χ2v) is 3.20. The molecule has 0 unspecified atom stereocenters. The molecule has 2 N–H and O–H groups in total. The van der Waals surface area contributed by atoms with Crippen molar-refractivity contribution >= 4 is 0 Å². The maximum atomic E-state index is 12.6. The van der Waals surface area contributed by atoms with E-state index >= 15 is 0 Å². The van der Waals surface area contributed by atoms with E-state index in [0.717, 1.165) is 4.68 Å². The number of rotatable bonds is 3. The lowest BCUT2D eigenvalue weighted by Gasteiger charge is -2.10. The van der Waals surface area contributed by atoms with Gasteiger partial charge in [-0.1, -0.05) is 17.4 Å². The van der Waals surface area contributed by atoms with Gasteiger partial charge < -0.3 is 5.73 Å². The lowest BCUT2D eigenvalue weighted by molar-refractivity contribution is -0.144. The molecule has 0 aliphatic rings. The number of alkyl halides is 3. The Morgan fingerprint density at radius 1 is 1.53 bits per heavy atom. The van der Waals surface area contributed by atoms with Crippen molar-refractivity contribution in [2.24, 2.45) is 5.73 Å². The van der Waals surface area contributed by atoms with Crippen LogP contribution in [0, 0.1) is 0 Å². The molecule has 1 aromatic rings. The molecule has 0 saturated heterocycles. The van der Waals surface area contributed by atoms with Crippen LogP contribution in [0.25, 0.3) is 0 Å². The second-order valence-electron chi connectivity index (χ2n) is 3.20. The molecule has 0 aliphatic carbocycles. The molecule has 0 atom stereocenters. The van der Waals surface area contributed by atoms with Crippen molar-refractivity contribution in [1.29, 1.82) is 0 Å². The standard InChI is InChI=1S/C8H11F3N4/c1-5(2)4-15-7(8(9,10)11)6(3-12)13-14-15/h1,3-4,12H2,2H3. The summed E-state index contributed by atoms with van der Waals surface area (Å²) < 4.78 is 38.5. The van der Waals surface area contributed by atoms with Gasteiger partial charge in [0.1, 0.15) is 5.69 Å². The van der Waals surface area contributed by atoms with Crippen molar-refractivity contribution in [3.8, 4) is 0 Å². The zero-order valence-electron chi connectivity index (χ0n) is 8.17. The van der Waals surface area contributed by atoms with Gasteiger partial charge in [-0.2, -0.15) is 13.2 Å². The summed E-state index contributed by atoms with van der Waals surface area (Å²) in [6.07, 6.45) is -4.49. The normalized spacial score (nSPS) is 11.8. The first-order valence-corrected chi connectivity index (χ1v) is 4.20. The molecule has 0 saturated carbocycles. The number of nitrogens with two attached hydrogens (primary N) is 1. The molecule has 0 aliphatic heterocycles. The van der Waals surface area contributed by atoms with Crippen LogP contribution in [0.5, 0.6) is 0 Å². The van der Waals surface area contributed by atoms with Gasteiger partial charge in [-0.15, -0.1) is 5.10 Å². The molecule has 7 heteroatoms. The van der Waals surface area contributed by atoms with Gasteiger partial charge in [0.25, 0.3) is 0 Å². The van der Waals surface area contributed by atoms with Crippen LogP contribution in [0.3, 0.4) is 0 Å². The summed E-state index contributed by atoms with van der Waals surface area (Å²) in [5, 5.41) is 6.78. The Morgan fingerprint density at radius 3 is 2.53 bits per heavy atom. The molecule has 1 rings (SSSR count). The summed E-state index contributed by atoms with van der Waals surface area (Å²) in [6, 6.07) is 0. The summed E-state index contributed by atoms with van der Waals surface area (Å²) in [4.78, 5) is 0. The molecule has 0 spiro atoms. The van der Waals surface area contributed by atoms with Gasteiger partial charge >= 0.3 is 6.18 Å². The predicted molar refractivity (Wildman–Crippen MR) is 47.7 cm³/mol. The lowest BCUT2D eigenvalue weighted by Crippen LogP contribution is -2.18. The van der Waals surface area contributed by atoms with Crippen LogP contribution in [-0.4, -0.2) is 15.0 Å². The molecule has 0 amide bonds.